The summed E-state index contributed by atoms with van der Waals surface area (Å²) in [7, 11) is 1.51. The molecule has 0 radical (unpaired) electrons. The van der Waals surface area contributed by atoms with Crippen LogP contribution in [0.15, 0.2) is 18.2 Å². The van der Waals surface area contributed by atoms with Crippen LogP contribution in [0, 0.1) is 0 Å². The molecule has 4 nitrogen and oxygen atoms in total. The quantitative estimate of drug-likeness (QED) is 0.868. The molecule has 6 heteroatoms. The van der Waals surface area contributed by atoms with Crippen molar-refractivity contribution < 1.29 is 9.53 Å². The van der Waals surface area contributed by atoms with Gasteiger partial charge in [-0.1, -0.05) is 29.3 Å². The Hall–Kier alpha value is -0.810. The van der Waals surface area contributed by atoms with Crippen LogP contribution in [0.5, 0.6) is 0 Å². The fourth-order valence-electron chi connectivity index (χ4n) is 1.27. The zero-order valence-corrected chi connectivity index (χ0v) is 10.9. The summed E-state index contributed by atoms with van der Waals surface area (Å²) in [6, 6.07) is 5.04. The lowest BCUT2D eigenvalue weighted by atomic mass is 10.2. The maximum absolute atomic E-state index is 11.7. The van der Waals surface area contributed by atoms with Crippen LogP contribution in [-0.2, 0) is 9.53 Å². The van der Waals surface area contributed by atoms with Crippen molar-refractivity contribution in [3.05, 3.63) is 28.2 Å². The summed E-state index contributed by atoms with van der Waals surface area (Å²) in [6.45, 7) is 0.285. The van der Waals surface area contributed by atoms with E-state index in [-0.39, 0.29) is 25.0 Å². The van der Waals surface area contributed by atoms with Crippen molar-refractivity contribution in [2.75, 3.05) is 19.0 Å². The molecule has 3 N–H and O–H groups in total. The monoisotopic (exact) mass is 276 g/mol. The van der Waals surface area contributed by atoms with Gasteiger partial charge in [0.25, 0.3) is 0 Å². The van der Waals surface area contributed by atoms with Gasteiger partial charge in [0.2, 0.25) is 5.91 Å². The highest BCUT2D eigenvalue weighted by Gasteiger charge is 2.13. The number of anilines is 1. The first-order chi connectivity index (χ1) is 8.08. The van der Waals surface area contributed by atoms with Crippen molar-refractivity contribution in [2.24, 2.45) is 5.73 Å². The van der Waals surface area contributed by atoms with Crippen molar-refractivity contribution in [2.45, 2.75) is 12.5 Å². The highest BCUT2D eigenvalue weighted by atomic mass is 35.5. The number of carbonyl (C=O) groups excluding carboxylic acids is 1. The van der Waals surface area contributed by atoms with E-state index in [1.165, 1.54) is 7.11 Å². The van der Waals surface area contributed by atoms with E-state index in [4.69, 9.17) is 33.7 Å². The molecule has 0 bridgehead atoms. The largest absolute Gasteiger partial charge is 0.380 e. The lowest BCUT2D eigenvalue weighted by Gasteiger charge is -2.13. The molecule has 1 aromatic carbocycles. The smallest absolute Gasteiger partial charge is 0.227 e. The molecule has 0 fully saturated rings. The normalized spacial score (nSPS) is 12.2. The number of methoxy groups -OCH3 is 1. The summed E-state index contributed by atoms with van der Waals surface area (Å²) in [4.78, 5) is 11.7. The maximum atomic E-state index is 11.7. The molecule has 0 saturated carbocycles. The van der Waals surface area contributed by atoms with Gasteiger partial charge in [-0.05, 0) is 12.1 Å². The number of rotatable bonds is 5. The summed E-state index contributed by atoms with van der Waals surface area (Å²) in [5.74, 6) is -0.216. The molecule has 1 amide bonds. The van der Waals surface area contributed by atoms with Crippen molar-refractivity contribution >= 4 is 34.8 Å². The first-order valence-corrected chi connectivity index (χ1v) is 5.80. The van der Waals surface area contributed by atoms with Crippen LogP contribution in [0.2, 0.25) is 10.0 Å². The van der Waals surface area contributed by atoms with Crippen molar-refractivity contribution in [3.63, 3.8) is 0 Å². The number of nitrogens with two attached hydrogens (primary N) is 1. The minimum Gasteiger partial charge on any atom is -0.380 e. The summed E-state index contributed by atoms with van der Waals surface area (Å²) in [5, 5.41) is 3.38. The second-order valence-electron chi connectivity index (χ2n) is 3.45. The lowest BCUT2D eigenvalue weighted by Crippen LogP contribution is -2.28. The Morgan fingerprint density at radius 3 is 2.82 bits per heavy atom. The van der Waals surface area contributed by atoms with Gasteiger partial charge >= 0.3 is 0 Å². The van der Waals surface area contributed by atoms with E-state index < -0.39 is 0 Å². The summed E-state index contributed by atoms with van der Waals surface area (Å²) < 4.78 is 5.02. The first kappa shape index (κ1) is 14.3. The second kappa shape index (κ2) is 6.81. The average Bonchev–Trinajstić information content (AvgIpc) is 2.32. The minimum atomic E-state index is -0.298. The van der Waals surface area contributed by atoms with Crippen molar-refractivity contribution in [1.82, 2.24) is 0 Å². The molecule has 0 aliphatic carbocycles. The first-order valence-electron chi connectivity index (χ1n) is 5.05. The van der Waals surface area contributed by atoms with Crippen LogP contribution < -0.4 is 11.1 Å². The number of nitrogens with one attached hydrogen (secondary N) is 1. The minimum absolute atomic E-state index is 0.176. The fraction of sp³-hybridized carbons (Fsp3) is 0.364. The Bertz CT molecular complexity index is 395. The van der Waals surface area contributed by atoms with Crippen molar-refractivity contribution in [1.29, 1.82) is 0 Å². The van der Waals surface area contributed by atoms with Gasteiger partial charge in [-0.2, -0.15) is 0 Å². The van der Waals surface area contributed by atoms with E-state index in [1.807, 2.05) is 0 Å². The van der Waals surface area contributed by atoms with Gasteiger partial charge in [-0.25, -0.2) is 0 Å². The van der Waals surface area contributed by atoms with E-state index >= 15 is 0 Å². The molecule has 1 aromatic rings. The molecule has 0 heterocycles. The van der Waals surface area contributed by atoms with Gasteiger partial charge in [-0.15, -0.1) is 0 Å². The molecule has 1 atom stereocenters. The molecular formula is C11H14Cl2N2O2. The third kappa shape index (κ3) is 4.16. The van der Waals surface area contributed by atoms with Crippen LogP contribution in [0.3, 0.4) is 0 Å². The van der Waals surface area contributed by atoms with Gasteiger partial charge in [-0.3, -0.25) is 4.79 Å². The number of benzene rings is 1. The molecule has 1 unspecified atom stereocenters. The standard InChI is InChI=1S/C11H14Cl2N2O2/c1-17-7(6-14)5-10(16)15-9-4-2-3-8(12)11(9)13/h2-4,7H,5-6,14H2,1H3,(H,15,16). The summed E-state index contributed by atoms with van der Waals surface area (Å²) in [5.41, 5.74) is 5.91. The fourth-order valence-corrected chi connectivity index (χ4v) is 1.62. The Kier molecular flexibility index (Phi) is 5.71. The van der Waals surface area contributed by atoms with Crippen LogP contribution in [0.25, 0.3) is 0 Å². The van der Waals surface area contributed by atoms with Crippen molar-refractivity contribution in [3.8, 4) is 0 Å². The van der Waals surface area contributed by atoms with E-state index in [0.717, 1.165) is 0 Å². The number of hydrogen-bond donors (Lipinski definition) is 2. The molecule has 0 aliphatic rings. The van der Waals surface area contributed by atoms with E-state index in [9.17, 15) is 4.79 Å². The van der Waals surface area contributed by atoms with Gasteiger partial charge in [0.05, 0.1) is 28.3 Å². The Labute approximate surface area is 110 Å². The highest BCUT2D eigenvalue weighted by Crippen LogP contribution is 2.29. The van der Waals surface area contributed by atoms with Crippen LogP contribution in [-0.4, -0.2) is 25.7 Å². The predicted octanol–water partition coefficient (Wildman–Crippen LogP) is 2.30. The third-order valence-corrected chi connectivity index (χ3v) is 3.05. The number of carbonyl (C=O) groups is 1. The number of hydrogen-bond acceptors (Lipinski definition) is 3. The molecule has 94 valence electrons. The summed E-state index contributed by atoms with van der Waals surface area (Å²) >= 11 is 11.8. The maximum Gasteiger partial charge on any atom is 0.227 e. The van der Waals surface area contributed by atoms with Crippen LogP contribution in [0.1, 0.15) is 6.42 Å². The second-order valence-corrected chi connectivity index (χ2v) is 4.23. The van der Waals surface area contributed by atoms with Crippen LogP contribution in [0.4, 0.5) is 5.69 Å². The predicted molar refractivity (Wildman–Crippen MR) is 69.6 cm³/mol. The van der Waals surface area contributed by atoms with Crippen LogP contribution >= 0.6 is 23.2 Å². The Morgan fingerprint density at radius 2 is 2.24 bits per heavy atom. The van der Waals surface area contributed by atoms with E-state index in [2.05, 4.69) is 5.32 Å². The summed E-state index contributed by atoms with van der Waals surface area (Å²) in [6.07, 6.45) is -0.122. The van der Waals surface area contributed by atoms with Gasteiger partial charge in [0.15, 0.2) is 0 Å². The SMILES string of the molecule is COC(CN)CC(=O)Nc1cccc(Cl)c1Cl. The third-order valence-electron chi connectivity index (χ3n) is 2.23. The van der Waals surface area contributed by atoms with Gasteiger partial charge in [0, 0.05) is 13.7 Å². The Balaban J connectivity index is 2.65. The Morgan fingerprint density at radius 1 is 1.53 bits per heavy atom. The number of amides is 1. The van der Waals surface area contributed by atoms with Gasteiger partial charge < -0.3 is 15.8 Å². The lowest BCUT2D eigenvalue weighted by molar-refractivity contribution is -0.118. The zero-order chi connectivity index (χ0) is 12.8. The molecule has 0 spiro atoms. The molecule has 0 aliphatic heterocycles. The topological polar surface area (TPSA) is 64.3 Å². The molecule has 17 heavy (non-hydrogen) atoms. The van der Waals surface area contributed by atoms with E-state index in [0.29, 0.717) is 15.7 Å². The number of ether oxygens (including phenoxy) is 1. The highest BCUT2D eigenvalue weighted by molar-refractivity contribution is 6.43. The molecular weight excluding hydrogens is 263 g/mol. The zero-order valence-electron chi connectivity index (χ0n) is 9.37. The van der Waals surface area contributed by atoms with E-state index in [1.54, 1.807) is 18.2 Å². The van der Waals surface area contributed by atoms with Gasteiger partial charge in [0.1, 0.15) is 0 Å². The average molecular weight is 277 g/mol. The molecule has 0 aromatic heterocycles. The molecule has 1 rings (SSSR count). The molecule has 0 saturated heterocycles. The number of halogens is 2.